The van der Waals surface area contributed by atoms with Crippen molar-refractivity contribution in [3.63, 3.8) is 0 Å². The van der Waals surface area contributed by atoms with E-state index in [0.29, 0.717) is 0 Å². The van der Waals surface area contributed by atoms with Gasteiger partial charge in [0.1, 0.15) is 0 Å². The molecule has 0 spiro atoms. The van der Waals surface area contributed by atoms with Crippen LogP contribution in [0.2, 0.25) is 0 Å². The van der Waals surface area contributed by atoms with Crippen molar-refractivity contribution in [2.75, 3.05) is 0 Å². The van der Waals surface area contributed by atoms with Crippen molar-refractivity contribution in [1.82, 2.24) is 0 Å². The summed E-state index contributed by atoms with van der Waals surface area (Å²) in [5, 5.41) is 9.60. The molecule has 0 aliphatic heterocycles. The van der Waals surface area contributed by atoms with Crippen molar-refractivity contribution in [2.45, 2.75) is 20.0 Å². The summed E-state index contributed by atoms with van der Waals surface area (Å²) in [6.45, 7) is 7.63. The third-order valence-corrected chi connectivity index (χ3v) is 2.20. The molecule has 0 aromatic carbocycles. The maximum Gasteiger partial charge on any atom is 0.0849 e. The fraction of sp³-hybridized carbons (Fsp3) is 0.400. The molecule has 1 aliphatic rings. The molecule has 11 heavy (non-hydrogen) atoms. The summed E-state index contributed by atoms with van der Waals surface area (Å²) in [7, 11) is 0. The van der Waals surface area contributed by atoms with Crippen molar-refractivity contribution in [2.24, 2.45) is 5.41 Å². The van der Waals surface area contributed by atoms with E-state index in [1.54, 1.807) is 6.08 Å². The van der Waals surface area contributed by atoms with Crippen LogP contribution < -0.4 is 0 Å². The SMILES string of the molecule is C=CC1(C)C=CC(C)=CC1O. The number of hydrogen-bond donors (Lipinski definition) is 1. The summed E-state index contributed by atoms with van der Waals surface area (Å²) in [5.74, 6) is 0. The third-order valence-electron chi connectivity index (χ3n) is 2.20. The fourth-order valence-electron chi connectivity index (χ4n) is 1.08. The molecule has 0 bridgehead atoms. The zero-order valence-electron chi connectivity index (χ0n) is 7.04. The molecule has 0 amide bonds. The van der Waals surface area contributed by atoms with Crippen LogP contribution in [0, 0.1) is 5.41 Å². The smallest absolute Gasteiger partial charge is 0.0849 e. The average Bonchev–Trinajstić information content (AvgIpc) is 1.98. The van der Waals surface area contributed by atoms with Crippen LogP contribution in [-0.4, -0.2) is 11.2 Å². The van der Waals surface area contributed by atoms with E-state index < -0.39 is 6.10 Å². The van der Waals surface area contributed by atoms with Crippen LogP contribution in [0.5, 0.6) is 0 Å². The van der Waals surface area contributed by atoms with Crippen LogP contribution >= 0.6 is 0 Å². The topological polar surface area (TPSA) is 20.2 Å². The van der Waals surface area contributed by atoms with Gasteiger partial charge in [0.05, 0.1) is 6.10 Å². The van der Waals surface area contributed by atoms with Crippen molar-refractivity contribution < 1.29 is 5.11 Å². The minimum absolute atomic E-state index is 0.278. The number of aliphatic hydroxyl groups excluding tert-OH is 1. The molecular formula is C10H14O. The molecule has 2 atom stereocenters. The number of allylic oxidation sites excluding steroid dienone is 2. The van der Waals surface area contributed by atoms with Crippen LogP contribution in [0.25, 0.3) is 0 Å². The van der Waals surface area contributed by atoms with Crippen molar-refractivity contribution in [3.8, 4) is 0 Å². The first-order valence-electron chi connectivity index (χ1n) is 3.78. The predicted molar refractivity (Wildman–Crippen MR) is 47.2 cm³/mol. The maximum absolute atomic E-state index is 9.60. The van der Waals surface area contributed by atoms with Crippen LogP contribution in [0.4, 0.5) is 0 Å². The molecule has 1 nitrogen and oxygen atoms in total. The lowest BCUT2D eigenvalue weighted by molar-refractivity contribution is 0.142. The number of hydrogen-bond acceptors (Lipinski definition) is 1. The molecule has 0 saturated heterocycles. The van der Waals surface area contributed by atoms with E-state index in [0.717, 1.165) is 5.57 Å². The van der Waals surface area contributed by atoms with Crippen LogP contribution in [0.15, 0.2) is 36.5 Å². The highest BCUT2D eigenvalue weighted by atomic mass is 16.3. The van der Waals surface area contributed by atoms with E-state index in [1.807, 2.05) is 32.1 Å². The highest BCUT2D eigenvalue weighted by molar-refractivity contribution is 5.30. The summed E-state index contributed by atoms with van der Waals surface area (Å²) in [5.41, 5.74) is 0.830. The quantitative estimate of drug-likeness (QED) is 0.567. The van der Waals surface area contributed by atoms with Crippen molar-refractivity contribution in [1.29, 1.82) is 0 Å². The van der Waals surface area contributed by atoms with Gasteiger partial charge in [-0.1, -0.05) is 29.9 Å². The molecule has 0 fully saturated rings. The monoisotopic (exact) mass is 150 g/mol. The second-order valence-electron chi connectivity index (χ2n) is 3.26. The van der Waals surface area contributed by atoms with Gasteiger partial charge in [0.25, 0.3) is 0 Å². The summed E-state index contributed by atoms with van der Waals surface area (Å²) >= 11 is 0. The number of aliphatic hydroxyl groups is 1. The Bertz CT molecular complexity index is 225. The lowest BCUT2D eigenvalue weighted by Crippen LogP contribution is -2.28. The van der Waals surface area contributed by atoms with Gasteiger partial charge in [-0.3, -0.25) is 0 Å². The highest BCUT2D eigenvalue weighted by Gasteiger charge is 2.27. The van der Waals surface area contributed by atoms with E-state index in [4.69, 9.17) is 0 Å². The Kier molecular flexibility index (Phi) is 2.01. The molecule has 0 radical (unpaired) electrons. The summed E-state index contributed by atoms with van der Waals surface area (Å²) in [4.78, 5) is 0. The molecule has 0 aromatic rings. The average molecular weight is 150 g/mol. The normalized spacial score (nSPS) is 36.6. The first-order chi connectivity index (χ1) is 5.08. The fourth-order valence-corrected chi connectivity index (χ4v) is 1.08. The van der Waals surface area contributed by atoms with Crippen LogP contribution in [0.3, 0.4) is 0 Å². The largest absolute Gasteiger partial charge is 0.388 e. The lowest BCUT2D eigenvalue weighted by atomic mass is 9.80. The van der Waals surface area contributed by atoms with Gasteiger partial charge in [0, 0.05) is 5.41 Å². The van der Waals surface area contributed by atoms with Gasteiger partial charge < -0.3 is 5.11 Å². The zero-order chi connectivity index (χ0) is 8.48. The Hall–Kier alpha value is -0.820. The van der Waals surface area contributed by atoms with Gasteiger partial charge in [-0.15, -0.1) is 6.58 Å². The molecule has 1 N–H and O–H groups in total. The molecule has 1 rings (SSSR count). The molecule has 2 unspecified atom stereocenters. The summed E-state index contributed by atoms with van der Waals surface area (Å²) in [6.07, 6.45) is 7.19. The van der Waals surface area contributed by atoms with E-state index in [-0.39, 0.29) is 5.41 Å². The Morgan fingerprint density at radius 1 is 1.73 bits per heavy atom. The molecular weight excluding hydrogens is 136 g/mol. The van der Waals surface area contributed by atoms with Gasteiger partial charge in [-0.2, -0.15) is 0 Å². The van der Waals surface area contributed by atoms with E-state index in [9.17, 15) is 5.11 Å². The Labute approximate surface area is 67.7 Å². The van der Waals surface area contributed by atoms with Crippen molar-refractivity contribution in [3.05, 3.63) is 36.5 Å². The second-order valence-corrected chi connectivity index (χ2v) is 3.26. The molecule has 0 heterocycles. The summed E-state index contributed by atoms with van der Waals surface area (Å²) in [6, 6.07) is 0. The van der Waals surface area contributed by atoms with Gasteiger partial charge >= 0.3 is 0 Å². The molecule has 1 aliphatic carbocycles. The van der Waals surface area contributed by atoms with Crippen LogP contribution in [0.1, 0.15) is 13.8 Å². The molecule has 1 heteroatoms. The van der Waals surface area contributed by atoms with Gasteiger partial charge in [-0.25, -0.2) is 0 Å². The Balaban J connectivity index is 2.92. The van der Waals surface area contributed by atoms with Crippen molar-refractivity contribution >= 4 is 0 Å². The van der Waals surface area contributed by atoms with Gasteiger partial charge in [-0.05, 0) is 13.8 Å². The van der Waals surface area contributed by atoms with E-state index >= 15 is 0 Å². The second kappa shape index (κ2) is 2.67. The minimum Gasteiger partial charge on any atom is -0.388 e. The first-order valence-corrected chi connectivity index (χ1v) is 3.78. The predicted octanol–water partition coefficient (Wildman–Crippen LogP) is 2.06. The standard InChI is InChI=1S/C10H14O/c1-4-10(3)6-5-8(2)7-9(10)11/h4-7,9,11H,1H2,2-3H3. The van der Waals surface area contributed by atoms with Gasteiger partial charge in [0.15, 0.2) is 0 Å². The summed E-state index contributed by atoms with van der Waals surface area (Å²) < 4.78 is 0. The van der Waals surface area contributed by atoms with Gasteiger partial charge in [0.2, 0.25) is 0 Å². The Morgan fingerprint density at radius 3 is 2.82 bits per heavy atom. The van der Waals surface area contributed by atoms with Crippen LogP contribution in [-0.2, 0) is 0 Å². The van der Waals surface area contributed by atoms with E-state index in [2.05, 4.69) is 6.58 Å². The minimum atomic E-state index is -0.426. The Morgan fingerprint density at radius 2 is 2.36 bits per heavy atom. The first kappa shape index (κ1) is 8.28. The third kappa shape index (κ3) is 1.43. The number of rotatable bonds is 1. The maximum atomic E-state index is 9.60. The highest BCUT2D eigenvalue weighted by Crippen LogP contribution is 2.30. The molecule has 0 aromatic heterocycles. The zero-order valence-corrected chi connectivity index (χ0v) is 7.04. The van der Waals surface area contributed by atoms with E-state index in [1.165, 1.54) is 0 Å². The lowest BCUT2D eigenvalue weighted by Gasteiger charge is -2.29. The molecule has 0 saturated carbocycles. The molecule has 60 valence electrons.